The summed E-state index contributed by atoms with van der Waals surface area (Å²) >= 11 is 3.27. The maximum absolute atomic E-state index is 12.5. The first kappa shape index (κ1) is 18.5. The van der Waals surface area contributed by atoms with E-state index in [-0.39, 0.29) is 9.79 Å². The van der Waals surface area contributed by atoms with Gasteiger partial charge in [0.1, 0.15) is 5.60 Å². The molecule has 2 rings (SSSR count). The number of carbonyl (C=O) groups is 1. The van der Waals surface area contributed by atoms with Crippen LogP contribution < -0.4 is 5.32 Å². The van der Waals surface area contributed by atoms with Gasteiger partial charge in [0.25, 0.3) is 0 Å². The van der Waals surface area contributed by atoms with Crippen LogP contribution in [0.2, 0.25) is 0 Å². The van der Waals surface area contributed by atoms with Crippen LogP contribution in [0.15, 0.2) is 62.8 Å². The molecule has 5 nitrogen and oxygen atoms in total. The van der Waals surface area contributed by atoms with Gasteiger partial charge in [0, 0.05) is 10.2 Å². The molecule has 2 aromatic carbocycles. The Balaban J connectivity index is 2.17. The number of carbonyl (C=O) groups excluding carboxylic acids is 1. The lowest BCUT2D eigenvalue weighted by molar-refractivity contribution is 0.0636. The van der Waals surface area contributed by atoms with E-state index in [0.29, 0.717) is 5.69 Å². The summed E-state index contributed by atoms with van der Waals surface area (Å²) in [7, 11) is -3.59. The zero-order valence-electron chi connectivity index (χ0n) is 13.5. The summed E-state index contributed by atoms with van der Waals surface area (Å²) < 4.78 is 31.0. The van der Waals surface area contributed by atoms with Crippen molar-refractivity contribution >= 4 is 37.5 Å². The molecule has 0 aliphatic rings. The van der Waals surface area contributed by atoms with Crippen LogP contribution in [0.5, 0.6) is 0 Å². The van der Waals surface area contributed by atoms with Gasteiger partial charge in [-0.2, -0.15) is 0 Å². The zero-order chi connectivity index (χ0) is 18.0. The number of benzene rings is 2. The maximum atomic E-state index is 12.5. The molecule has 0 aromatic heterocycles. The Hall–Kier alpha value is -1.86. The number of hydrogen-bond donors (Lipinski definition) is 1. The number of hydrogen-bond acceptors (Lipinski definition) is 4. The molecule has 128 valence electrons. The van der Waals surface area contributed by atoms with E-state index in [1.165, 1.54) is 36.4 Å². The summed E-state index contributed by atoms with van der Waals surface area (Å²) in [6.45, 7) is 5.29. The Morgan fingerprint density at radius 3 is 1.88 bits per heavy atom. The summed E-state index contributed by atoms with van der Waals surface area (Å²) in [5.74, 6) is 0. The molecule has 0 spiro atoms. The first-order chi connectivity index (χ1) is 11.1. The third kappa shape index (κ3) is 4.82. The molecule has 0 saturated heterocycles. The fraction of sp³-hybridized carbons (Fsp3) is 0.235. The summed E-state index contributed by atoms with van der Waals surface area (Å²) in [6, 6.07) is 12.4. The Morgan fingerprint density at radius 1 is 0.958 bits per heavy atom. The third-order valence-electron chi connectivity index (χ3n) is 2.93. The molecule has 0 aliphatic heterocycles. The zero-order valence-corrected chi connectivity index (χ0v) is 15.9. The second-order valence-electron chi connectivity index (χ2n) is 6.11. The normalized spacial score (nSPS) is 11.8. The molecule has 0 saturated carbocycles. The van der Waals surface area contributed by atoms with E-state index in [1.54, 1.807) is 32.9 Å². The van der Waals surface area contributed by atoms with Gasteiger partial charge in [-0.25, -0.2) is 13.2 Å². The number of sulfone groups is 1. The number of halogens is 1. The Labute approximate surface area is 150 Å². The predicted octanol–water partition coefficient (Wildman–Crippen LogP) is 4.63. The highest BCUT2D eigenvalue weighted by Gasteiger charge is 2.19. The van der Waals surface area contributed by atoms with Crippen LogP contribution in [0, 0.1) is 0 Å². The number of rotatable bonds is 3. The molecule has 7 heteroatoms. The lowest BCUT2D eigenvalue weighted by atomic mass is 10.2. The van der Waals surface area contributed by atoms with Crippen LogP contribution in [0.4, 0.5) is 10.5 Å². The minimum absolute atomic E-state index is 0.152. The van der Waals surface area contributed by atoms with Crippen LogP contribution in [-0.2, 0) is 14.6 Å². The van der Waals surface area contributed by atoms with Crippen molar-refractivity contribution in [2.75, 3.05) is 5.32 Å². The summed E-state index contributed by atoms with van der Waals surface area (Å²) in [6.07, 6.45) is -0.592. The Bertz CT molecular complexity index is 822. The average molecular weight is 412 g/mol. The van der Waals surface area contributed by atoms with Gasteiger partial charge >= 0.3 is 6.09 Å². The average Bonchev–Trinajstić information content (AvgIpc) is 2.46. The molecule has 0 bridgehead atoms. The van der Waals surface area contributed by atoms with Crippen molar-refractivity contribution in [3.05, 3.63) is 53.0 Å². The number of anilines is 1. The van der Waals surface area contributed by atoms with E-state index in [9.17, 15) is 13.2 Å². The minimum atomic E-state index is -3.59. The molecule has 0 fully saturated rings. The number of ether oxygens (including phenoxy) is 1. The van der Waals surface area contributed by atoms with Crippen molar-refractivity contribution in [2.24, 2.45) is 0 Å². The van der Waals surface area contributed by atoms with Gasteiger partial charge in [-0.3, -0.25) is 5.32 Å². The van der Waals surface area contributed by atoms with Crippen LogP contribution in [0.1, 0.15) is 20.8 Å². The lowest BCUT2D eigenvalue weighted by Crippen LogP contribution is -2.27. The molecule has 2 aromatic rings. The predicted molar refractivity (Wildman–Crippen MR) is 95.9 cm³/mol. The van der Waals surface area contributed by atoms with Crippen molar-refractivity contribution in [2.45, 2.75) is 36.2 Å². The van der Waals surface area contributed by atoms with Crippen molar-refractivity contribution in [1.82, 2.24) is 0 Å². The van der Waals surface area contributed by atoms with Crippen LogP contribution >= 0.6 is 15.9 Å². The summed E-state index contributed by atoms with van der Waals surface area (Å²) in [5, 5.41) is 2.56. The summed E-state index contributed by atoms with van der Waals surface area (Å²) in [4.78, 5) is 12.1. The third-order valence-corrected chi connectivity index (χ3v) is 5.25. The van der Waals surface area contributed by atoms with Crippen LogP contribution in [0.3, 0.4) is 0 Å². The molecule has 24 heavy (non-hydrogen) atoms. The highest BCUT2D eigenvalue weighted by atomic mass is 79.9. The van der Waals surface area contributed by atoms with Gasteiger partial charge in [0.15, 0.2) is 0 Å². The Morgan fingerprint density at radius 2 is 1.42 bits per heavy atom. The standard InChI is InChI=1S/C17H18BrNO4S/c1-17(2,3)23-16(20)19-13-6-10-15(11-7-13)24(21,22)14-8-4-12(18)5-9-14/h4-11H,1-3H3,(H,19,20). The summed E-state index contributed by atoms with van der Waals surface area (Å²) in [5.41, 5.74) is -0.145. The van der Waals surface area contributed by atoms with E-state index in [4.69, 9.17) is 4.74 Å². The van der Waals surface area contributed by atoms with E-state index >= 15 is 0 Å². The number of amides is 1. The van der Waals surface area contributed by atoms with E-state index in [1.807, 2.05) is 0 Å². The lowest BCUT2D eigenvalue weighted by Gasteiger charge is -2.19. The molecule has 0 heterocycles. The molecule has 1 N–H and O–H groups in total. The van der Waals surface area contributed by atoms with Crippen molar-refractivity contribution < 1.29 is 17.9 Å². The SMILES string of the molecule is CC(C)(C)OC(=O)Nc1ccc(S(=O)(=O)c2ccc(Br)cc2)cc1. The second kappa shape index (κ2) is 6.94. The van der Waals surface area contributed by atoms with Crippen molar-refractivity contribution in [3.8, 4) is 0 Å². The van der Waals surface area contributed by atoms with Gasteiger partial charge in [0.05, 0.1) is 9.79 Å². The van der Waals surface area contributed by atoms with Gasteiger partial charge < -0.3 is 4.74 Å². The fourth-order valence-electron chi connectivity index (χ4n) is 1.89. The maximum Gasteiger partial charge on any atom is 0.412 e. The molecule has 0 atom stereocenters. The largest absolute Gasteiger partial charge is 0.444 e. The van der Waals surface area contributed by atoms with Crippen LogP contribution in [-0.4, -0.2) is 20.1 Å². The molecular formula is C17H18BrNO4S. The highest BCUT2D eigenvalue weighted by molar-refractivity contribution is 9.10. The second-order valence-corrected chi connectivity index (χ2v) is 8.97. The fourth-order valence-corrected chi connectivity index (χ4v) is 3.41. The van der Waals surface area contributed by atoms with E-state index in [2.05, 4.69) is 21.2 Å². The van der Waals surface area contributed by atoms with Crippen molar-refractivity contribution in [3.63, 3.8) is 0 Å². The minimum Gasteiger partial charge on any atom is -0.444 e. The van der Waals surface area contributed by atoms with E-state index in [0.717, 1.165) is 4.47 Å². The quantitative estimate of drug-likeness (QED) is 0.798. The smallest absolute Gasteiger partial charge is 0.412 e. The van der Waals surface area contributed by atoms with Gasteiger partial charge in [-0.05, 0) is 69.3 Å². The Kier molecular flexibility index (Phi) is 5.35. The number of nitrogens with one attached hydrogen (secondary N) is 1. The van der Waals surface area contributed by atoms with Gasteiger partial charge in [-0.15, -0.1) is 0 Å². The molecule has 1 amide bonds. The molecular weight excluding hydrogens is 394 g/mol. The first-order valence-corrected chi connectivity index (χ1v) is 9.46. The monoisotopic (exact) mass is 411 g/mol. The van der Waals surface area contributed by atoms with Crippen molar-refractivity contribution in [1.29, 1.82) is 0 Å². The van der Waals surface area contributed by atoms with Crippen LogP contribution in [0.25, 0.3) is 0 Å². The molecule has 0 aliphatic carbocycles. The molecule has 0 radical (unpaired) electrons. The van der Waals surface area contributed by atoms with E-state index < -0.39 is 21.5 Å². The van der Waals surface area contributed by atoms with Gasteiger partial charge in [0.2, 0.25) is 9.84 Å². The topological polar surface area (TPSA) is 72.5 Å². The highest BCUT2D eigenvalue weighted by Crippen LogP contribution is 2.24. The first-order valence-electron chi connectivity index (χ1n) is 7.19. The molecule has 0 unspecified atom stereocenters. The van der Waals surface area contributed by atoms with Gasteiger partial charge in [-0.1, -0.05) is 15.9 Å².